The van der Waals surface area contributed by atoms with Crippen molar-refractivity contribution in [2.75, 3.05) is 0 Å². The number of H-pyrrole nitrogens is 2. The first-order valence-corrected chi connectivity index (χ1v) is 7.86. The molecule has 3 aromatic heterocycles. The predicted molar refractivity (Wildman–Crippen MR) is 89.1 cm³/mol. The molecular weight excluding hydrogens is 272 g/mol. The van der Waals surface area contributed by atoms with Crippen molar-refractivity contribution in [3.63, 3.8) is 0 Å². The van der Waals surface area contributed by atoms with Crippen LogP contribution >= 0.6 is 0 Å². The van der Waals surface area contributed by atoms with Crippen molar-refractivity contribution in [2.24, 2.45) is 7.05 Å². The van der Waals surface area contributed by atoms with Gasteiger partial charge in [0, 0.05) is 46.3 Å². The standard InChI is InChI=1S/C18H18N4/c1-10-12-4-3-5-13-14-9-16-11(6-7-22(16)2)8-15(14)19-17(13)18(12)21-20-10/h6-9,19H,3-5H2,1-2H3,(H,20,21). The molecule has 0 atom stereocenters. The lowest BCUT2D eigenvalue weighted by atomic mass is 10.0. The number of rotatable bonds is 0. The lowest BCUT2D eigenvalue weighted by Gasteiger charge is -2.00. The highest BCUT2D eigenvalue weighted by Crippen LogP contribution is 2.37. The fraction of sp³-hybridized carbons (Fsp3) is 0.278. The van der Waals surface area contributed by atoms with E-state index in [1.165, 1.54) is 50.7 Å². The number of aromatic amines is 2. The zero-order valence-electron chi connectivity index (χ0n) is 12.8. The number of fused-ring (bicyclic) bond motifs is 6. The topological polar surface area (TPSA) is 49.4 Å². The van der Waals surface area contributed by atoms with E-state index in [1.54, 1.807) is 0 Å². The molecule has 0 saturated carbocycles. The van der Waals surface area contributed by atoms with Gasteiger partial charge in [-0.15, -0.1) is 0 Å². The van der Waals surface area contributed by atoms with E-state index in [4.69, 9.17) is 0 Å². The Hall–Kier alpha value is -2.49. The Morgan fingerprint density at radius 1 is 1.18 bits per heavy atom. The first kappa shape index (κ1) is 12.1. The van der Waals surface area contributed by atoms with Gasteiger partial charge in [-0.2, -0.15) is 5.10 Å². The van der Waals surface area contributed by atoms with Crippen LogP contribution in [0.25, 0.3) is 33.2 Å². The molecule has 22 heavy (non-hydrogen) atoms. The van der Waals surface area contributed by atoms with E-state index < -0.39 is 0 Å². The van der Waals surface area contributed by atoms with Crippen molar-refractivity contribution in [1.29, 1.82) is 0 Å². The third-order valence-corrected chi connectivity index (χ3v) is 5.08. The molecule has 4 heteroatoms. The summed E-state index contributed by atoms with van der Waals surface area (Å²) in [4.78, 5) is 3.64. The number of nitrogens with one attached hydrogen (secondary N) is 2. The van der Waals surface area contributed by atoms with Crippen LogP contribution in [0.1, 0.15) is 23.2 Å². The number of hydrogen-bond acceptors (Lipinski definition) is 1. The van der Waals surface area contributed by atoms with E-state index in [0.29, 0.717) is 0 Å². The fourth-order valence-corrected chi connectivity index (χ4v) is 3.88. The van der Waals surface area contributed by atoms with Gasteiger partial charge in [-0.1, -0.05) is 0 Å². The Bertz CT molecular complexity index is 1030. The van der Waals surface area contributed by atoms with Gasteiger partial charge in [0.15, 0.2) is 0 Å². The molecule has 0 fully saturated rings. The summed E-state index contributed by atoms with van der Waals surface area (Å²) in [6.07, 6.45) is 5.52. The summed E-state index contributed by atoms with van der Waals surface area (Å²) in [6, 6.07) is 6.76. The first-order chi connectivity index (χ1) is 10.7. The summed E-state index contributed by atoms with van der Waals surface area (Å²) in [5, 5.41) is 10.3. The summed E-state index contributed by atoms with van der Waals surface area (Å²) in [5.41, 5.74) is 8.83. The van der Waals surface area contributed by atoms with E-state index in [9.17, 15) is 0 Å². The fourth-order valence-electron chi connectivity index (χ4n) is 3.88. The summed E-state index contributed by atoms with van der Waals surface area (Å²) >= 11 is 0. The number of aromatic nitrogens is 4. The average molecular weight is 290 g/mol. The van der Waals surface area contributed by atoms with Gasteiger partial charge in [-0.3, -0.25) is 5.10 Å². The first-order valence-electron chi connectivity index (χ1n) is 7.86. The maximum Gasteiger partial charge on any atom is 0.112 e. The molecule has 1 aliphatic rings. The predicted octanol–water partition coefficient (Wildman–Crippen LogP) is 3.85. The molecule has 0 radical (unpaired) electrons. The lowest BCUT2D eigenvalue weighted by Crippen LogP contribution is -1.88. The minimum Gasteiger partial charge on any atom is -0.353 e. The summed E-state index contributed by atoms with van der Waals surface area (Å²) in [6.45, 7) is 2.12. The van der Waals surface area contributed by atoms with Crippen LogP contribution < -0.4 is 0 Å². The molecule has 0 spiro atoms. The Balaban J connectivity index is 1.88. The highest BCUT2D eigenvalue weighted by molar-refractivity contribution is 6.00. The molecule has 0 aliphatic heterocycles. The highest BCUT2D eigenvalue weighted by atomic mass is 15.1. The third-order valence-electron chi connectivity index (χ3n) is 5.08. The zero-order valence-corrected chi connectivity index (χ0v) is 12.8. The van der Waals surface area contributed by atoms with Gasteiger partial charge in [0.1, 0.15) is 5.69 Å². The number of benzene rings is 1. The van der Waals surface area contributed by atoms with Gasteiger partial charge in [-0.25, -0.2) is 0 Å². The van der Waals surface area contributed by atoms with Crippen molar-refractivity contribution < 1.29 is 0 Å². The van der Waals surface area contributed by atoms with Crippen LogP contribution in [0.4, 0.5) is 0 Å². The van der Waals surface area contributed by atoms with Gasteiger partial charge >= 0.3 is 0 Å². The second-order valence-electron chi connectivity index (χ2n) is 6.39. The zero-order chi connectivity index (χ0) is 14.8. The largest absolute Gasteiger partial charge is 0.353 e. The molecule has 0 unspecified atom stereocenters. The average Bonchev–Trinajstić information content (AvgIpc) is 3.12. The smallest absolute Gasteiger partial charge is 0.112 e. The van der Waals surface area contributed by atoms with Crippen LogP contribution in [0.3, 0.4) is 0 Å². The van der Waals surface area contributed by atoms with Gasteiger partial charge in [0.05, 0.1) is 5.69 Å². The highest BCUT2D eigenvalue weighted by Gasteiger charge is 2.23. The van der Waals surface area contributed by atoms with Gasteiger partial charge in [0.2, 0.25) is 0 Å². The summed E-state index contributed by atoms with van der Waals surface area (Å²) in [7, 11) is 2.11. The third kappa shape index (κ3) is 1.44. The maximum atomic E-state index is 4.57. The van der Waals surface area contributed by atoms with E-state index >= 15 is 0 Å². The quantitative estimate of drug-likeness (QED) is 0.508. The molecule has 3 heterocycles. The molecule has 5 rings (SSSR count). The Morgan fingerprint density at radius 3 is 2.95 bits per heavy atom. The van der Waals surface area contributed by atoms with Gasteiger partial charge in [-0.05, 0) is 49.9 Å². The molecule has 0 amide bonds. The Labute approximate surface area is 128 Å². The molecular formula is C18H18N4. The van der Waals surface area contributed by atoms with E-state index in [-0.39, 0.29) is 0 Å². The van der Waals surface area contributed by atoms with E-state index in [2.05, 4.69) is 58.1 Å². The normalized spacial score (nSPS) is 14.3. The minimum atomic E-state index is 1.11. The van der Waals surface area contributed by atoms with Crippen LogP contribution in [0.2, 0.25) is 0 Å². The van der Waals surface area contributed by atoms with Crippen LogP contribution in [-0.4, -0.2) is 19.7 Å². The second-order valence-corrected chi connectivity index (χ2v) is 6.39. The van der Waals surface area contributed by atoms with Gasteiger partial charge in [0.25, 0.3) is 0 Å². The molecule has 0 saturated heterocycles. The Morgan fingerprint density at radius 2 is 2.05 bits per heavy atom. The molecule has 110 valence electrons. The SMILES string of the molecule is Cc1[nH]nc2c1CCCc1c-2[nH]c2cc3ccn(C)c3cc12. The lowest BCUT2D eigenvalue weighted by molar-refractivity contribution is 0.832. The number of nitrogens with zero attached hydrogens (tertiary/aromatic N) is 2. The van der Waals surface area contributed by atoms with Crippen molar-refractivity contribution in [3.8, 4) is 11.4 Å². The monoisotopic (exact) mass is 290 g/mol. The van der Waals surface area contributed by atoms with Crippen molar-refractivity contribution in [2.45, 2.75) is 26.2 Å². The number of hydrogen-bond donors (Lipinski definition) is 2. The van der Waals surface area contributed by atoms with Crippen molar-refractivity contribution in [1.82, 2.24) is 19.7 Å². The molecule has 4 aromatic rings. The van der Waals surface area contributed by atoms with Crippen molar-refractivity contribution >= 4 is 21.8 Å². The number of aryl methyl sites for hydroxylation is 3. The van der Waals surface area contributed by atoms with Crippen molar-refractivity contribution in [3.05, 3.63) is 41.2 Å². The molecule has 2 N–H and O–H groups in total. The van der Waals surface area contributed by atoms with E-state index in [0.717, 1.165) is 18.5 Å². The van der Waals surface area contributed by atoms with Crippen LogP contribution in [0, 0.1) is 6.92 Å². The minimum absolute atomic E-state index is 1.11. The second kappa shape index (κ2) is 4.03. The van der Waals surface area contributed by atoms with E-state index in [1.807, 2.05) is 0 Å². The van der Waals surface area contributed by atoms with Gasteiger partial charge < -0.3 is 9.55 Å². The van der Waals surface area contributed by atoms with Crippen LogP contribution in [-0.2, 0) is 19.9 Å². The summed E-state index contributed by atoms with van der Waals surface area (Å²) < 4.78 is 2.19. The van der Waals surface area contributed by atoms with Crippen LogP contribution in [0.5, 0.6) is 0 Å². The molecule has 4 nitrogen and oxygen atoms in total. The van der Waals surface area contributed by atoms with Crippen LogP contribution in [0.15, 0.2) is 24.4 Å². The summed E-state index contributed by atoms with van der Waals surface area (Å²) in [5.74, 6) is 0. The molecule has 0 bridgehead atoms. The maximum absolute atomic E-state index is 4.57. The molecule has 1 aliphatic carbocycles. The Kier molecular flexibility index (Phi) is 2.22. The molecule has 1 aromatic carbocycles.